The number of carbonyl (C=O) groups excluding carboxylic acids is 1. The maximum atomic E-state index is 12.1. The van der Waals surface area contributed by atoms with Crippen molar-refractivity contribution in [2.24, 2.45) is 16.5 Å². The molecule has 0 bridgehead atoms. The van der Waals surface area contributed by atoms with Gasteiger partial charge in [0.25, 0.3) is 5.91 Å². The molecule has 2 aromatic rings. The third-order valence-electron chi connectivity index (χ3n) is 3.31. The highest BCUT2D eigenvalue weighted by Crippen LogP contribution is 2.29. The van der Waals surface area contributed by atoms with Crippen molar-refractivity contribution in [1.82, 2.24) is 0 Å². The van der Waals surface area contributed by atoms with Crippen molar-refractivity contribution >= 4 is 44.7 Å². The van der Waals surface area contributed by atoms with Crippen molar-refractivity contribution < 1.29 is 13.2 Å². The van der Waals surface area contributed by atoms with Crippen LogP contribution in [0.5, 0.6) is 0 Å². The van der Waals surface area contributed by atoms with Crippen molar-refractivity contribution in [3.8, 4) is 0 Å². The molecule has 0 aliphatic heterocycles. The molecule has 7 nitrogen and oxygen atoms in total. The summed E-state index contributed by atoms with van der Waals surface area (Å²) in [7, 11) is -3.61. The maximum Gasteiger partial charge on any atom is 0.280 e. The van der Waals surface area contributed by atoms with Gasteiger partial charge in [0.05, 0.1) is 10.6 Å². The number of nitrogens with two attached hydrogens (primary N) is 2. The van der Waals surface area contributed by atoms with Crippen molar-refractivity contribution in [1.29, 1.82) is 0 Å². The summed E-state index contributed by atoms with van der Waals surface area (Å²) in [4.78, 5) is 15.5. The minimum Gasteiger partial charge on any atom is -0.370 e. The van der Waals surface area contributed by atoms with E-state index in [0.29, 0.717) is 22.0 Å². The van der Waals surface area contributed by atoms with Gasteiger partial charge in [-0.05, 0) is 48.9 Å². The van der Waals surface area contributed by atoms with Gasteiger partial charge in [0.15, 0.2) is 15.8 Å². The van der Waals surface area contributed by atoms with Crippen LogP contribution in [-0.2, 0) is 9.84 Å². The molecule has 1 amide bonds. The second kappa shape index (κ2) is 7.12. The second-order valence-corrected chi connectivity index (χ2v) is 7.83. The lowest BCUT2D eigenvalue weighted by molar-refractivity contribution is 0.100. The molecule has 0 unspecified atom stereocenters. The molecule has 0 radical (unpaired) electrons. The van der Waals surface area contributed by atoms with E-state index >= 15 is 0 Å². The standard InChI is InChI=1S/C16H17ClN4O3S/c1-9-7-13(20-11-5-3-10(17)4-6-11)14(25(2,23)24)8-12(9)15(22)21-16(18)19/h3-8,20H,1-2H3,(H4,18,19,21,22). The second-order valence-electron chi connectivity index (χ2n) is 5.41. The number of nitrogens with one attached hydrogen (secondary N) is 1. The smallest absolute Gasteiger partial charge is 0.280 e. The van der Waals surface area contributed by atoms with E-state index < -0.39 is 21.7 Å². The molecule has 2 rings (SSSR count). The van der Waals surface area contributed by atoms with E-state index in [1.165, 1.54) is 6.07 Å². The Morgan fingerprint density at radius 2 is 1.76 bits per heavy atom. The number of hydrogen-bond donors (Lipinski definition) is 3. The number of carbonyl (C=O) groups is 1. The third kappa shape index (κ3) is 4.71. The van der Waals surface area contributed by atoms with Crippen LogP contribution < -0.4 is 16.8 Å². The topological polar surface area (TPSA) is 128 Å². The molecule has 132 valence electrons. The third-order valence-corrected chi connectivity index (χ3v) is 4.70. The number of anilines is 2. The summed E-state index contributed by atoms with van der Waals surface area (Å²) in [5, 5.41) is 3.58. The molecular weight excluding hydrogens is 364 g/mol. The predicted octanol–water partition coefficient (Wildman–Crippen LogP) is 2.21. The fourth-order valence-corrected chi connectivity index (χ4v) is 3.16. The minimum atomic E-state index is -3.61. The van der Waals surface area contributed by atoms with Crippen LogP contribution in [0.4, 0.5) is 11.4 Å². The van der Waals surface area contributed by atoms with Gasteiger partial charge in [-0.2, -0.15) is 4.99 Å². The van der Waals surface area contributed by atoms with Crippen molar-refractivity contribution in [2.75, 3.05) is 11.6 Å². The summed E-state index contributed by atoms with van der Waals surface area (Å²) in [5.41, 5.74) is 12.0. The van der Waals surface area contributed by atoms with Gasteiger partial charge < -0.3 is 16.8 Å². The zero-order valence-corrected chi connectivity index (χ0v) is 15.1. The van der Waals surface area contributed by atoms with Gasteiger partial charge in [-0.25, -0.2) is 8.42 Å². The van der Waals surface area contributed by atoms with E-state index in [-0.39, 0.29) is 10.5 Å². The van der Waals surface area contributed by atoms with E-state index in [1.807, 2.05) is 0 Å². The first-order valence-corrected chi connectivity index (χ1v) is 9.36. The first-order chi connectivity index (χ1) is 11.6. The number of halogens is 1. The molecule has 25 heavy (non-hydrogen) atoms. The van der Waals surface area contributed by atoms with Crippen LogP contribution in [0.1, 0.15) is 15.9 Å². The van der Waals surface area contributed by atoms with Crippen molar-refractivity contribution in [2.45, 2.75) is 11.8 Å². The molecule has 0 aliphatic carbocycles. The molecule has 0 saturated heterocycles. The quantitative estimate of drug-likeness (QED) is 0.551. The Morgan fingerprint density at radius 1 is 1.16 bits per heavy atom. The van der Waals surface area contributed by atoms with E-state index in [4.69, 9.17) is 23.1 Å². The van der Waals surface area contributed by atoms with Gasteiger partial charge in [-0.1, -0.05) is 11.6 Å². The van der Waals surface area contributed by atoms with Gasteiger partial charge in [-0.3, -0.25) is 4.79 Å². The van der Waals surface area contributed by atoms with Gasteiger partial charge in [0.2, 0.25) is 0 Å². The molecular formula is C16H17ClN4O3S. The average molecular weight is 381 g/mol. The SMILES string of the molecule is Cc1cc(Nc2ccc(Cl)cc2)c(S(C)(=O)=O)cc1C(=O)N=C(N)N. The molecule has 0 saturated carbocycles. The summed E-state index contributed by atoms with van der Waals surface area (Å²) in [6, 6.07) is 9.59. The maximum absolute atomic E-state index is 12.1. The number of benzene rings is 2. The van der Waals surface area contributed by atoms with Crippen LogP contribution in [0.3, 0.4) is 0 Å². The summed E-state index contributed by atoms with van der Waals surface area (Å²) in [6.07, 6.45) is 1.06. The average Bonchev–Trinajstić information content (AvgIpc) is 2.47. The predicted molar refractivity (Wildman–Crippen MR) is 99.2 cm³/mol. The molecule has 0 spiro atoms. The fraction of sp³-hybridized carbons (Fsp3) is 0.125. The first-order valence-electron chi connectivity index (χ1n) is 7.09. The van der Waals surface area contributed by atoms with Crippen molar-refractivity contribution in [3.05, 3.63) is 52.5 Å². The lowest BCUT2D eigenvalue weighted by Crippen LogP contribution is -2.24. The number of aryl methyl sites for hydroxylation is 1. The summed E-state index contributed by atoms with van der Waals surface area (Å²) in [6.45, 7) is 1.66. The number of hydrogen-bond acceptors (Lipinski definition) is 4. The largest absolute Gasteiger partial charge is 0.370 e. The van der Waals surface area contributed by atoms with Crippen LogP contribution in [0.15, 0.2) is 46.3 Å². The Kier molecular flexibility index (Phi) is 5.34. The normalized spacial score (nSPS) is 11.0. The lowest BCUT2D eigenvalue weighted by atomic mass is 10.1. The number of sulfone groups is 1. The van der Waals surface area contributed by atoms with E-state index in [9.17, 15) is 13.2 Å². The molecule has 0 fully saturated rings. The van der Waals surface area contributed by atoms with Gasteiger partial charge in [-0.15, -0.1) is 0 Å². The molecule has 0 aliphatic rings. The Morgan fingerprint density at radius 3 is 2.28 bits per heavy atom. The number of guanidine groups is 1. The Balaban J connectivity index is 2.57. The molecule has 0 atom stereocenters. The molecule has 9 heteroatoms. The monoisotopic (exact) mass is 380 g/mol. The number of amides is 1. The van der Waals surface area contributed by atoms with Crippen molar-refractivity contribution in [3.63, 3.8) is 0 Å². The Labute approximate surface area is 150 Å². The van der Waals surface area contributed by atoms with E-state index in [1.54, 1.807) is 37.3 Å². The van der Waals surface area contributed by atoms with Gasteiger partial charge >= 0.3 is 0 Å². The van der Waals surface area contributed by atoms with Crippen LogP contribution in [0.2, 0.25) is 5.02 Å². The highest BCUT2D eigenvalue weighted by molar-refractivity contribution is 7.90. The van der Waals surface area contributed by atoms with Crippen LogP contribution in [0, 0.1) is 6.92 Å². The summed E-state index contributed by atoms with van der Waals surface area (Å²) in [5.74, 6) is -1.10. The zero-order chi connectivity index (χ0) is 18.8. The fourth-order valence-electron chi connectivity index (χ4n) is 2.19. The molecule has 0 heterocycles. The van der Waals surface area contributed by atoms with E-state index in [0.717, 1.165) is 6.26 Å². The zero-order valence-electron chi connectivity index (χ0n) is 13.6. The Bertz CT molecular complexity index is 950. The molecule has 5 N–H and O–H groups in total. The number of rotatable bonds is 4. The van der Waals surface area contributed by atoms with Crippen LogP contribution in [-0.4, -0.2) is 26.5 Å². The highest BCUT2D eigenvalue weighted by Gasteiger charge is 2.19. The summed E-state index contributed by atoms with van der Waals surface area (Å²) >= 11 is 5.85. The first kappa shape index (κ1) is 18.8. The number of aliphatic imine (C=N–C) groups is 1. The molecule has 0 aromatic heterocycles. The summed E-state index contributed by atoms with van der Waals surface area (Å²) < 4.78 is 24.3. The minimum absolute atomic E-state index is 0.0396. The van der Waals surface area contributed by atoms with E-state index in [2.05, 4.69) is 10.3 Å². The van der Waals surface area contributed by atoms with Crippen LogP contribution >= 0.6 is 11.6 Å². The number of nitrogens with zero attached hydrogens (tertiary/aromatic N) is 1. The molecule has 2 aromatic carbocycles. The van der Waals surface area contributed by atoms with Gasteiger partial charge in [0.1, 0.15) is 0 Å². The highest BCUT2D eigenvalue weighted by atomic mass is 35.5. The van der Waals surface area contributed by atoms with Crippen LogP contribution in [0.25, 0.3) is 0 Å². The van der Waals surface area contributed by atoms with Gasteiger partial charge in [0, 0.05) is 22.5 Å². The lowest BCUT2D eigenvalue weighted by Gasteiger charge is -2.14. The Hall–Kier alpha value is -2.58.